The molecule has 2 nitrogen and oxygen atoms in total. The first-order valence-corrected chi connectivity index (χ1v) is 6.12. The number of carbonyl (C=O) groups is 1. The number of halogens is 1. The van der Waals surface area contributed by atoms with Crippen molar-refractivity contribution in [1.82, 2.24) is 0 Å². The van der Waals surface area contributed by atoms with Gasteiger partial charge in [-0.15, -0.1) is 0 Å². The van der Waals surface area contributed by atoms with Crippen LogP contribution in [0.1, 0.15) is 32.6 Å². The summed E-state index contributed by atoms with van der Waals surface area (Å²) < 4.78 is 5.02. The Morgan fingerprint density at radius 3 is 2.92 bits per heavy atom. The normalized spacial score (nSPS) is 28.5. The largest absolute Gasteiger partial charge is 0.466 e. The number of ether oxygens (including phenoxy) is 1. The highest BCUT2D eigenvalue weighted by molar-refractivity contribution is 9.09. The number of hydrogen-bond acceptors (Lipinski definition) is 2. The van der Waals surface area contributed by atoms with Gasteiger partial charge in [-0.1, -0.05) is 22.4 Å². The van der Waals surface area contributed by atoms with Crippen LogP contribution >= 0.6 is 15.9 Å². The predicted molar refractivity (Wildman–Crippen MR) is 55.9 cm³/mol. The van der Waals surface area contributed by atoms with Gasteiger partial charge < -0.3 is 4.74 Å². The first-order valence-electron chi connectivity index (χ1n) is 5.00. The minimum absolute atomic E-state index is 0.00755. The zero-order chi connectivity index (χ0) is 9.68. The van der Waals surface area contributed by atoms with Crippen molar-refractivity contribution in [2.24, 2.45) is 11.8 Å². The Hall–Kier alpha value is -0.0500. The fourth-order valence-electron chi connectivity index (χ4n) is 1.91. The van der Waals surface area contributed by atoms with E-state index in [0.717, 1.165) is 18.2 Å². The minimum atomic E-state index is 0.00755. The van der Waals surface area contributed by atoms with Crippen molar-refractivity contribution in [1.29, 1.82) is 0 Å². The summed E-state index contributed by atoms with van der Waals surface area (Å²) in [6.45, 7) is 2.37. The smallest absolute Gasteiger partial charge is 0.308 e. The molecule has 0 aliphatic heterocycles. The third kappa shape index (κ3) is 3.29. The fourth-order valence-corrected chi connectivity index (χ4v) is 2.49. The molecule has 0 aromatic carbocycles. The van der Waals surface area contributed by atoms with Crippen molar-refractivity contribution in [2.75, 3.05) is 11.9 Å². The first kappa shape index (κ1) is 11.0. The van der Waals surface area contributed by atoms with Gasteiger partial charge in [-0.25, -0.2) is 0 Å². The molecule has 0 heterocycles. The van der Waals surface area contributed by atoms with E-state index in [-0.39, 0.29) is 11.9 Å². The molecule has 1 aliphatic carbocycles. The van der Waals surface area contributed by atoms with Crippen LogP contribution in [0.15, 0.2) is 0 Å². The van der Waals surface area contributed by atoms with Crippen molar-refractivity contribution in [2.45, 2.75) is 32.6 Å². The van der Waals surface area contributed by atoms with Crippen LogP contribution in [0.5, 0.6) is 0 Å². The molecule has 1 rings (SSSR count). The molecule has 1 aliphatic rings. The van der Waals surface area contributed by atoms with Gasteiger partial charge in [0, 0.05) is 5.33 Å². The van der Waals surface area contributed by atoms with Crippen LogP contribution in [0.25, 0.3) is 0 Å². The molecule has 2 atom stereocenters. The van der Waals surface area contributed by atoms with Crippen LogP contribution in [-0.4, -0.2) is 17.9 Å². The summed E-state index contributed by atoms with van der Waals surface area (Å²) in [5.41, 5.74) is 0. The molecule has 0 N–H and O–H groups in total. The molecule has 0 unspecified atom stereocenters. The maximum atomic E-state index is 11.4. The average molecular weight is 249 g/mol. The van der Waals surface area contributed by atoms with Crippen LogP contribution in [0.3, 0.4) is 0 Å². The van der Waals surface area contributed by atoms with Crippen molar-refractivity contribution < 1.29 is 9.53 Å². The molecule has 1 fully saturated rings. The second kappa shape index (κ2) is 5.63. The molecule has 13 heavy (non-hydrogen) atoms. The third-order valence-electron chi connectivity index (χ3n) is 2.62. The van der Waals surface area contributed by atoms with Gasteiger partial charge in [0.05, 0.1) is 12.5 Å². The molecule has 76 valence electrons. The molecule has 0 amide bonds. The number of rotatable bonds is 3. The Kier molecular flexibility index (Phi) is 4.78. The van der Waals surface area contributed by atoms with Gasteiger partial charge in [-0.2, -0.15) is 0 Å². The molecule has 1 saturated carbocycles. The van der Waals surface area contributed by atoms with Crippen LogP contribution in [0.2, 0.25) is 0 Å². The lowest BCUT2D eigenvalue weighted by molar-refractivity contribution is -0.149. The molecule has 0 radical (unpaired) electrons. The highest BCUT2D eigenvalue weighted by Gasteiger charge is 2.27. The zero-order valence-electron chi connectivity index (χ0n) is 8.09. The van der Waals surface area contributed by atoms with E-state index in [1.54, 1.807) is 0 Å². The molecule has 0 bridgehead atoms. The van der Waals surface area contributed by atoms with E-state index >= 15 is 0 Å². The molecule has 0 spiro atoms. The van der Waals surface area contributed by atoms with Gasteiger partial charge in [0.1, 0.15) is 0 Å². The quantitative estimate of drug-likeness (QED) is 0.567. The van der Waals surface area contributed by atoms with E-state index in [1.165, 1.54) is 12.8 Å². The third-order valence-corrected chi connectivity index (χ3v) is 3.54. The zero-order valence-corrected chi connectivity index (χ0v) is 9.68. The molecular formula is C10H17BrO2. The Morgan fingerprint density at radius 2 is 2.31 bits per heavy atom. The van der Waals surface area contributed by atoms with Gasteiger partial charge in [-0.05, 0) is 32.1 Å². The first-order chi connectivity index (χ1) is 6.27. The number of esters is 1. The fraction of sp³-hybridized carbons (Fsp3) is 0.900. The summed E-state index contributed by atoms with van der Waals surface area (Å²) >= 11 is 3.47. The average Bonchev–Trinajstić information content (AvgIpc) is 2.18. The van der Waals surface area contributed by atoms with Crippen molar-refractivity contribution in [3.8, 4) is 0 Å². The van der Waals surface area contributed by atoms with Gasteiger partial charge >= 0.3 is 5.97 Å². The Bertz CT molecular complexity index is 170. The van der Waals surface area contributed by atoms with Gasteiger partial charge in [0.2, 0.25) is 0 Å². The Balaban J connectivity index is 2.37. The predicted octanol–water partition coefficient (Wildman–Crippen LogP) is 2.75. The van der Waals surface area contributed by atoms with E-state index in [2.05, 4.69) is 15.9 Å². The summed E-state index contributed by atoms with van der Waals surface area (Å²) in [6, 6.07) is 0. The Morgan fingerprint density at radius 1 is 1.54 bits per heavy atom. The second-order valence-corrected chi connectivity index (χ2v) is 4.28. The molecule has 0 aromatic rings. The minimum Gasteiger partial charge on any atom is -0.466 e. The summed E-state index contributed by atoms with van der Waals surface area (Å²) in [6.07, 6.45) is 4.44. The van der Waals surface area contributed by atoms with Crippen LogP contribution in [0, 0.1) is 11.8 Å². The summed E-state index contributed by atoms with van der Waals surface area (Å²) in [5.74, 6) is 0.840. The van der Waals surface area contributed by atoms with Crippen LogP contribution < -0.4 is 0 Å². The maximum absolute atomic E-state index is 11.4. The lowest BCUT2D eigenvalue weighted by Gasteiger charge is -2.26. The molecule has 0 saturated heterocycles. The highest BCUT2D eigenvalue weighted by Crippen LogP contribution is 2.30. The second-order valence-electron chi connectivity index (χ2n) is 3.64. The summed E-state index contributed by atoms with van der Waals surface area (Å²) in [5, 5.41) is 1.02. The molecule has 0 aromatic heterocycles. The van der Waals surface area contributed by atoms with E-state index in [0.29, 0.717) is 12.5 Å². The van der Waals surface area contributed by atoms with Crippen molar-refractivity contribution in [3.05, 3.63) is 0 Å². The monoisotopic (exact) mass is 248 g/mol. The highest BCUT2D eigenvalue weighted by atomic mass is 79.9. The standard InChI is InChI=1S/C10H17BrO2/c1-2-13-10(12)9-5-3-4-8(6-9)7-11/h8-9H,2-7H2,1H3/t8-,9-/m0/s1. The lowest BCUT2D eigenvalue weighted by atomic mass is 9.82. The Labute approximate surface area is 88.2 Å². The van der Waals surface area contributed by atoms with E-state index in [4.69, 9.17) is 4.74 Å². The van der Waals surface area contributed by atoms with E-state index in [9.17, 15) is 4.79 Å². The lowest BCUT2D eigenvalue weighted by Crippen LogP contribution is -2.25. The summed E-state index contributed by atoms with van der Waals surface area (Å²) in [4.78, 5) is 11.4. The molecular weight excluding hydrogens is 232 g/mol. The van der Waals surface area contributed by atoms with Gasteiger partial charge in [0.15, 0.2) is 0 Å². The number of carbonyl (C=O) groups excluding carboxylic acids is 1. The van der Waals surface area contributed by atoms with Gasteiger partial charge in [0.25, 0.3) is 0 Å². The SMILES string of the molecule is CCOC(=O)[C@H]1CCC[C@H](CBr)C1. The summed E-state index contributed by atoms with van der Waals surface area (Å²) in [7, 11) is 0. The van der Waals surface area contributed by atoms with Gasteiger partial charge in [-0.3, -0.25) is 4.79 Å². The van der Waals surface area contributed by atoms with Crippen molar-refractivity contribution in [3.63, 3.8) is 0 Å². The maximum Gasteiger partial charge on any atom is 0.308 e. The van der Waals surface area contributed by atoms with Crippen LogP contribution in [-0.2, 0) is 9.53 Å². The van der Waals surface area contributed by atoms with E-state index in [1.807, 2.05) is 6.92 Å². The topological polar surface area (TPSA) is 26.3 Å². The number of hydrogen-bond donors (Lipinski definition) is 0. The van der Waals surface area contributed by atoms with Crippen LogP contribution in [0.4, 0.5) is 0 Å². The van der Waals surface area contributed by atoms with Crippen molar-refractivity contribution >= 4 is 21.9 Å². The number of alkyl halides is 1. The van der Waals surface area contributed by atoms with E-state index < -0.39 is 0 Å². The molecule has 3 heteroatoms.